The molecule has 0 unspecified atom stereocenters. The minimum absolute atomic E-state index is 0.255. The average Bonchev–Trinajstić information content (AvgIpc) is 3.24. The fraction of sp³-hybridized carbons (Fsp3) is 0.452. The molecule has 6 nitrogen and oxygen atoms in total. The first-order chi connectivity index (χ1) is 18.3. The van der Waals surface area contributed by atoms with Crippen molar-refractivity contribution in [3.05, 3.63) is 65.4 Å². The molecule has 38 heavy (non-hydrogen) atoms. The zero-order valence-corrected chi connectivity index (χ0v) is 23.2. The normalized spacial score (nSPS) is 17.9. The fourth-order valence-corrected chi connectivity index (χ4v) is 5.04. The maximum atomic E-state index is 15.0. The van der Waals surface area contributed by atoms with Gasteiger partial charge in [0.25, 0.3) is 5.91 Å². The summed E-state index contributed by atoms with van der Waals surface area (Å²) in [7, 11) is 1.85. The summed E-state index contributed by atoms with van der Waals surface area (Å²) in [6.07, 6.45) is 8.56. The molecule has 1 N–H and O–H groups in total. The first-order valence-electron chi connectivity index (χ1n) is 13.7. The van der Waals surface area contributed by atoms with E-state index >= 15 is 4.39 Å². The Labute approximate surface area is 225 Å². The van der Waals surface area contributed by atoms with E-state index in [2.05, 4.69) is 22.2 Å². The van der Waals surface area contributed by atoms with Crippen molar-refractivity contribution in [1.29, 1.82) is 0 Å². The van der Waals surface area contributed by atoms with Gasteiger partial charge in [-0.3, -0.25) is 9.79 Å². The van der Waals surface area contributed by atoms with Gasteiger partial charge in [0.05, 0.1) is 18.0 Å². The van der Waals surface area contributed by atoms with E-state index in [1.54, 1.807) is 19.2 Å². The molecular weight excluding hydrogens is 479 g/mol. The van der Waals surface area contributed by atoms with Gasteiger partial charge in [0.2, 0.25) is 0 Å². The zero-order chi connectivity index (χ0) is 27.2. The van der Waals surface area contributed by atoms with E-state index in [0.717, 1.165) is 36.8 Å². The van der Waals surface area contributed by atoms with Crippen LogP contribution in [0.1, 0.15) is 69.3 Å². The maximum Gasteiger partial charge on any atom is 0.274 e. The van der Waals surface area contributed by atoms with Crippen LogP contribution in [-0.2, 0) is 11.8 Å². The number of carbonyl (C=O) groups excluding carboxylic acids is 1. The second-order valence-corrected chi connectivity index (χ2v) is 10.3. The quantitative estimate of drug-likeness (QED) is 0.309. The van der Waals surface area contributed by atoms with Crippen molar-refractivity contribution in [2.24, 2.45) is 18.0 Å². The third-order valence-electron chi connectivity index (χ3n) is 7.56. The number of aryl methyl sites for hydroxylation is 2. The first-order valence-corrected chi connectivity index (χ1v) is 13.7. The third kappa shape index (κ3) is 6.32. The van der Waals surface area contributed by atoms with Crippen molar-refractivity contribution in [3.63, 3.8) is 0 Å². The highest BCUT2D eigenvalue weighted by molar-refractivity contribution is 6.49. The van der Waals surface area contributed by atoms with Gasteiger partial charge in [-0.15, -0.1) is 0 Å². The molecule has 1 saturated carbocycles. The lowest BCUT2D eigenvalue weighted by molar-refractivity contribution is -0.110. The van der Waals surface area contributed by atoms with Crippen molar-refractivity contribution in [2.45, 2.75) is 72.3 Å². The van der Waals surface area contributed by atoms with Crippen LogP contribution in [0.2, 0.25) is 0 Å². The Kier molecular flexibility index (Phi) is 8.97. The smallest absolute Gasteiger partial charge is 0.274 e. The predicted molar refractivity (Wildman–Crippen MR) is 152 cm³/mol. The molecule has 1 aliphatic carbocycles. The van der Waals surface area contributed by atoms with Gasteiger partial charge in [0.1, 0.15) is 23.1 Å². The molecule has 202 valence electrons. The highest BCUT2D eigenvalue weighted by Gasteiger charge is 2.22. The van der Waals surface area contributed by atoms with E-state index in [0.29, 0.717) is 34.6 Å². The van der Waals surface area contributed by atoms with Crippen LogP contribution in [-0.4, -0.2) is 33.8 Å². The largest absolute Gasteiger partial charge is 0.490 e. The van der Waals surface area contributed by atoms with Crippen molar-refractivity contribution in [2.75, 3.05) is 11.9 Å². The van der Waals surface area contributed by atoms with Gasteiger partial charge in [-0.2, -0.15) is 0 Å². The number of nitrogens with zero attached hydrogens (tertiary/aromatic N) is 3. The predicted octanol–water partition coefficient (Wildman–Crippen LogP) is 7.03. The Balaban J connectivity index is 1.52. The molecule has 1 aromatic heterocycles. The topological polar surface area (TPSA) is 68.5 Å². The van der Waals surface area contributed by atoms with Crippen LogP contribution < -0.4 is 10.1 Å². The number of aromatic nitrogens is 2. The fourth-order valence-electron chi connectivity index (χ4n) is 5.04. The second kappa shape index (κ2) is 12.4. The standard InChI is InChI=1S/C31H39FN4O2/c1-6-16-33-30(26-18-27(28(32)17-20(26)3)29-19-34-21(4)36(29)5)31(37)35-23-10-14-25(15-11-23)38-24-12-8-22(7-2)9-13-24/h10-11,14-15,17-19,22,24H,6-9,12-13,16H2,1-5H3,(H,35,37)/b33-30+. The zero-order valence-electron chi connectivity index (χ0n) is 23.2. The van der Waals surface area contributed by atoms with E-state index < -0.39 is 0 Å². The molecule has 0 radical (unpaired) electrons. The molecule has 1 fully saturated rings. The van der Waals surface area contributed by atoms with Gasteiger partial charge in [0, 0.05) is 30.4 Å². The summed E-state index contributed by atoms with van der Waals surface area (Å²) in [4.78, 5) is 22.4. The van der Waals surface area contributed by atoms with Gasteiger partial charge >= 0.3 is 0 Å². The molecule has 1 heterocycles. The van der Waals surface area contributed by atoms with Crippen molar-refractivity contribution in [3.8, 4) is 17.0 Å². The van der Waals surface area contributed by atoms with Crippen LogP contribution in [0.5, 0.6) is 5.75 Å². The number of hydrogen-bond donors (Lipinski definition) is 1. The van der Waals surface area contributed by atoms with E-state index in [-0.39, 0.29) is 23.5 Å². The molecule has 3 aromatic rings. The average molecular weight is 519 g/mol. The summed E-state index contributed by atoms with van der Waals surface area (Å²) >= 11 is 0. The summed E-state index contributed by atoms with van der Waals surface area (Å²) in [5.74, 6) is 1.73. The minimum atomic E-state index is -0.358. The number of imidazole rings is 1. The Morgan fingerprint density at radius 2 is 1.84 bits per heavy atom. The molecule has 1 aliphatic rings. The number of nitrogens with one attached hydrogen (secondary N) is 1. The van der Waals surface area contributed by atoms with Crippen LogP contribution in [0.25, 0.3) is 11.3 Å². The Bertz CT molecular complexity index is 1290. The van der Waals surface area contributed by atoms with E-state index in [4.69, 9.17) is 4.74 Å². The molecule has 0 spiro atoms. The molecule has 0 aliphatic heterocycles. The van der Waals surface area contributed by atoms with Gasteiger partial charge in [-0.05, 0) is 93.8 Å². The Hall–Kier alpha value is -3.48. The van der Waals surface area contributed by atoms with Crippen LogP contribution in [0.3, 0.4) is 0 Å². The Morgan fingerprint density at radius 1 is 1.13 bits per heavy atom. The molecule has 4 rings (SSSR count). The number of benzene rings is 2. The number of amides is 1. The minimum Gasteiger partial charge on any atom is -0.490 e. The van der Waals surface area contributed by atoms with E-state index in [1.165, 1.54) is 25.3 Å². The molecule has 7 heteroatoms. The molecule has 0 atom stereocenters. The SMILES string of the molecule is CCC/N=C(/C(=O)Nc1ccc(OC2CCC(CC)CC2)cc1)c1cc(-c2cnc(C)n2C)c(F)cc1C. The number of ether oxygens (including phenoxy) is 1. The van der Waals surface area contributed by atoms with Gasteiger partial charge < -0.3 is 14.6 Å². The third-order valence-corrected chi connectivity index (χ3v) is 7.56. The summed E-state index contributed by atoms with van der Waals surface area (Å²) in [6.45, 7) is 8.42. The molecule has 1 amide bonds. The summed E-state index contributed by atoms with van der Waals surface area (Å²) < 4.78 is 23.0. The highest BCUT2D eigenvalue weighted by Crippen LogP contribution is 2.30. The number of halogens is 1. The van der Waals surface area contributed by atoms with Crippen molar-refractivity contribution in [1.82, 2.24) is 9.55 Å². The van der Waals surface area contributed by atoms with Gasteiger partial charge in [-0.1, -0.05) is 20.3 Å². The van der Waals surface area contributed by atoms with Crippen LogP contribution in [0.4, 0.5) is 10.1 Å². The van der Waals surface area contributed by atoms with Crippen molar-refractivity contribution >= 4 is 17.3 Å². The molecular formula is C31H39FN4O2. The van der Waals surface area contributed by atoms with Gasteiger partial charge in [0.15, 0.2) is 0 Å². The van der Waals surface area contributed by atoms with Crippen LogP contribution in [0.15, 0.2) is 47.6 Å². The number of hydrogen-bond acceptors (Lipinski definition) is 4. The van der Waals surface area contributed by atoms with Crippen molar-refractivity contribution < 1.29 is 13.9 Å². The highest BCUT2D eigenvalue weighted by atomic mass is 19.1. The molecule has 2 aromatic carbocycles. The monoisotopic (exact) mass is 518 g/mol. The lowest BCUT2D eigenvalue weighted by Crippen LogP contribution is -2.25. The summed E-state index contributed by atoms with van der Waals surface area (Å²) in [5, 5.41) is 2.97. The van der Waals surface area contributed by atoms with E-state index in [9.17, 15) is 4.79 Å². The number of anilines is 1. The second-order valence-electron chi connectivity index (χ2n) is 10.3. The lowest BCUT2D eigenvalue weighted by atomic mass is 9.86. The number of carbonyl (C=O) groups is 1. The number of rotatable bonds is 9. The van der Waals surface area contributed by atoms with E-state index in [1.807, 2.05) is 49.7 Å². The van der Waals surface area contributed by atoms with Gasteiger partial charge in [-0.25, -0.2) is 9.37 Å². The molecule has 0 saturated heterocycles. The lowest BCUT2D eigenvalue weighted by Gasteiger charge is -2.28. The summed E-state index contributed by atoms with van der Waals surface area (Å²) in [6, 6.07) is 10.7. The van der Waals surface area contributed by atoms with Crippen LogP contribution >= 0.6 is 0 Å². The Morgan fingerprint density at radius 3 is 2.45 bits per heavy atom. The summed E-state index contributed by atoms with van der Waals surface area (Å²) in [5.41, 5.74) is 3.24. The first kappa shape index (κ1) is 27.6. The maximum absolute atomic E-state index is 15.0. The molecule has 0 bridgehead atoms. The number of aliphatic imine (C=N–C) groups is 1. The van der Waals surface area contributed by atoms with Crippen LogP contribution in [0, 0.1) is 25.6 Å².